The largest absolute Gasteiger partial charge is 0.345 e. The van der Waals surface area contributed by atoms with Crippen molar-refractivity contribution in [1.82, 2.24) is 14.9 Å². The number of pyridine rings is 2. The Balaban J connectivity index is 1.75. The van der Waals surface area contributed by atoms with E-state index in [1.807, 2.05) is 0 Å². The average molecular weight is 419 g/mol. The van der Waals surface area contributed by atoms with Gasteiger partial charge < -0.3 is 15.2 Å². The fourth-order valence-corrected chi connectivity index (χ4v) is 2.93. The first-order valence-electron chi connectivity index (χ1n) is 8.25. The van der Waals surface area contributed by atoms with Gasteiger partial charge >= 0.3 is 0 Å². The highest BCUT2D eigenvalue weighted by Crippen LogP contribution is 2.24. The van der Waals surface area contributed by atoms with Crippen LogP contribution in [0.4, 0.5) is 5.69 Å². The lowest BCUT2D eigenvalue weighted by Gasteiger charge is -2.17. The number of rotatable bonds is 4. The van der Waals surface area contributed by atoms with Crippen LogP contribution in [0.2, 0.25) is 10.0 Å². The van der Waals surface area contributed by atoms with Crippen molar-refractivity contribution in [1.29, 1.82) is 0 Å². The normalized spacial score (nSPS) is 10.7. The molecule has 0 saturated carbocycles. The zero-order valence-corrected chi connectivity index (χ0v) is 16.6. The zero-order valence-electron chi connectivity index (χ0n) is 15.0. The molecule has 7 nitrogen and oxygen atoms in total. The summed E-state index contributed by atoms with van der Waals surface area (Å²) in [5.74, 6) is -1.02. The van der Waals surface area contributed by atoms with Crippen LogP contribution in [0.15, 0.2) is 41.3 Å². The van der Waals surface area contributed by atoms with Crippen molar-refractivity contribution in [3.8, 4) is 0 Å². The molecule has 2 aromatic heterocycles. The number of aromatic nitrogens is 2. The number of hydrogen-bond acceptors (Lipinski definition) is 4. The van der Waals surface area contributed by atoms with Crippen molar-refractivity contribution in [2.45, 2.75) is 6.92 Å². The second-order valence-electron chi connectivity index (χ2n) is 6.22. The van der Waals surface area contributed by atoms with E-state index in [0.717, 1.165) is 10.6 Å². The monoisotopic (exact) mass is 418 g/mol. The van der Waals surface area contributed by atoms with Gasteiger partial charge in [-0.3, -0.25) is 14.4 Å². The van der Waals surface area contributed by atoms with Crippen LogP contribution < -0.4 is 10.7 Å². The number of hydrogen-bond donors (Lipinski definition) is 2. The zero-order chi connectivity index (χ0) is 20.4. The number of nitrogens with one attached hydrogen (secondary N) is 2. The quantitative estimate of drug-likeness (QED) is 0.679. The number of amides is 2. The summed E-state index contributed by atoms with van der Waals surface area (Å²) in [6.45, 7) is 1.56. The summed E-state index contributed by atoms with van der Waals surface area (Å²) in [7, 11) is 1.44. The third kappa shape index (κ3) is 4.16. The van der Waals surface area contributed by atoms with Gasteiger partial charge in [0.15, 0.2) is 0 Å². The topological polar surface area (TPSA) is 95.2 Å². The van der Waals surface area contributed by atoms with E-state index in [-0.39, 0.29) is 12.1 Å². The number of aryl methyl sites for hydroxylation is 1. The molecule has 3 rings (SSSR count). The first-order valence-corrected chi connectivity index (χ1v) is 9.01. The Morgan fingerprint density at radius 1 is 1.18 bits per heavy atom. The van der Waals surface area contributed by atoms with E-state index in [1.165, 1.54) is 19.3 Å². The summed E-state index contributed by atoms with van der Waals surface area (Å²) in [6, 6.07) is 7.97. The van der Waals surface area contributed by atoms with Crippen molar-refractivity contribution in [3.63, 3.8) is 0 Å². The lowest BCUT2D eigenvalue weighted by Crippen LogP contribution is -2.37. The molecule has 0 saturated heterocycles. The van der Waals surface area contributed by atoms with Crippen LogP contribution in [0.25, 0.3) is 11.0 Å². The number of carbonyl (C=O) groups excluding carboxylic acids is 2. The number of fused-ring (bicyclic) bond motifs is 1. The molecule has 0 atom stereocenters. The van der Waals surface area contributed by atoms with Gasteiger partial charge in [0.05, 0.1) is 22.0 Å². The Hall–Kier alpha value is -2.90. The van der Waals surface area contributed by atoms with Gasteiger partial charge in [-0.15, -0.1) is 0 Å². The summed E-state index contributed by atoms with van der Waals surface area (Å²) in [5.41, 5.74) is 1.09. The van der Waals surface area contributed by atoms with Crippen LogP contribution in [0, 0.1) is 6.92 Å². The predicted octanol–water partition coefficient (Wildman–Crippen LogP) is 3.25. The SMILES string of the molecule is Cc1ccc2c(=O)c(C(=O)N(C)CC(=O)Nc3ccc(Cl)c(Cl)c3)c[nH]c2n1. The molecule has 28 heavy (non-hydrogen) atoms. The molecule has 9 heteroatoms. The number of carbonyl (C=O) groups is 2. The van der Waals surface area contributed by atoms with E-state index in [0.29, 0.717) is 26.8 Å². The van der Waals surface area contributed by atoms with Gasteiger partial charge in [-0.2, -0.15) is 0 Å². The van der Waals surface area contributed by atoms with Crippen LogP contribution in [0.1, 0.15) is 16.1 Å². The van der Waals surface area contributed by atoms with Gasteiger partial charge in [-0.1, -0.05) is 23.2 Å². The maximum atomic E-state index is 12.6. The van der Waals surface area contributed by atoms with Gasteiger partial charge in [-0.25, -0.2) is 4.98 Å². The Kier molecular flexibility index (Phi) is 5.67. The van der Waals surface area contributed by atoms with Crippen LogP contribution >= 0.6 is 23.2 Å². The standard InChI is InChI=1S/C19H16Cl2N4O3/c1-10-3-5-12-17(27)13(8-22-18(12)23-10)19(28)25(2)9-16(26)24-11-4-6-14(20)15(21)7-11/h3-8H,9H2,1-2H3,(H,24,26)(H,22,23,27). The number of aromatic amines is 1. The summed E-state index contributed by atoms with van der Waals surface area (Å²) in [5, 5.41) is 3.61. The van der Waals surface area contributed by atoms with Crippen molar-refractivity contribution in [2.24, 2.45) is 0 Å². The molecule has 0 spiro atoms. The predicted molar refractivity (Wildman–Crippen MR) is 109 cm³/mol. The number of H-pyrrole nitrogens is 1. The molecule has 0 aliphatic carbocycles. The molecule has 0 radical (unpaired) electrons. The molecule has 3 aromatic rings. The minimum atomic E-state index is -0.576. The van der Waals surface area contributed by atoms with Crippen LogP contribution in [-0.4, -0.2) is 40.3 Å². The maximum absolute atomic E-state index is 12.6. The van der Waals surface area contributed by atoms with Gasteiger partial charge in [0.2, 0.25) is 11.3 Å². The van der Waals surface area contributed by atoms with Crippen molar-refractivity contribution < 1.29 is 9.59 Å². The number of benzene rings is 1. The highest BCUT2D eigenvalue weighted by molar-refractivity contribution is 6.42. The molecule has 0 aliphatic rings. The number of anilines is 1. The van der Waals surface area contributed by atoms with Crippen LogP contribution in [0.3, 0.4) is 0 Å². The lowest BCUT2D eigenvalue weighted by molar-refractivity contribution is -0.116. The Bertz CT molecular complexity index is 1140. The number of nitrogens with zero attached hydrogens (tertiary/aromatic N) is 2. The molecule has 2 amide bonds. The second kappa shape index (κ2) is 8.00. The van der Waals surface area contributed by atoms with Gasteiger partial charge in [0.1, 0.15) is 11.2 Å². The van der Waals surface area contributed by atoms with Crippen LogP contribution in [0.5, 0.6) is 0 Å². The molecular weight excluding hydrogens is 403 g/mol. The smallest absolute Gasteiger partial charge is 0.259 e. The minimum absolute atomic E-state index is 0.0667. The van der Waals surface area contributed by atoms with Crippen LogP contribution in [-0.2, 0) is 4.79 Å². The van der Waals surface area contributed by atoms with Crippen molar-refractivity contribution in [3.05, 3.63) is 68.1 Å². The van der Waals surface area contributed by atoms with Gasteiger partial charge in [-0.05, 0) is 37.3 Å². The average Bonchev–Trinajstić information content (AvgIpc) is 2.64. The Morgan fingerprint density at radius 2 is 1.93 bits per heavy atom. The van der Waals surface area contributed by atoms with E-state index in [1.54, 1.807) is 31.2 Å². The molecular formula is C19H16Cl2N4O3. The molecule has 0 unspecified atom stereocenters. The third-order valence-electron chi connectivity index (χ3n) is 4.04. The van der Waals surface area contributed by atoms with Crippen molar-refractivity contribution in [2.75, 3.05) is 18.9 Å². The fraction of sp³-hybridized carbons (Fsp3) is 0.158. The fourth-order valence-electron chi connectivity index (χ4n) is 2.63. The number of likely N-dealkylation sites (N-methyl/N-ethyl adjacent to an activating group) is 1. The number of halogens is 2. The molecule has 144 valence electrons. The molecule has 2 heterocycles. The first kappa shape index (κ1) is 19.9. The molecule has 1 aromatic carbocycles. The summed E-state index contributed by atoms with van der Waals surface area (Å²) < 4.78 is 0. The molecule has 0 fully saturated rings. The minimum Gasteiger partial charge on any atom is -0.345 e. The molecule has 0 bridgehead atoms. The first-order chi connectivity index (χ1) is 13.3. The maximum Gasteiger partial charge on any atom is 0.259 e. The van der Waals surface area contributed by atoms with E-state index < -0.39 is 17.2 Å². The summed E-state index contributed by atoms with van der Waals surface area (Å²) in [6.07, 6.45) is 1.31. The Labute approximate surface area is 170 Å². The van der Waals surface area contributed by atoms with Gasteiger partial charge in [0, 0.05) is 24.6 Å². The summed E-state index contributed by atoms with van der Waals surface area (Å²) >= 11 is 11.8. The van der Waals surface area contributed by atoms with E-state index in [4.69, 9.17) is 23.2 Å². The van der Waals surface area contributed by atoms with Crippen molar-refractivity contribution >= 4 is 51.7 Å². The molecule has 2 N–H and O–H groups in total. The highest BCUT2D eigenvalue weighted by Gasteiger charge is 2.19. The van der Waals surface area contributed by atoms with Gasteiger partial charge in [0.25, 0.3) is 5.91 Å². The second-order valence-corrected chi connectivity index (χ2v) is 7.03. The van der Waals surface area contributed by atoms with E-state index in [9.17, 15) is 14.4 Å². The third-order valence-corrected chi connectivity index (χ3v) is 4.78. The lowest BCUT2D eigenvalue weighted by atomic mass is 10.1. The Morgan fingerprint density at radius 3 is 2.64 bits per heavy atom. The highest BCUT2D eigenvalue weighted by atomic mass is 35.5. The van der Waals surface area contributed by atoms with E-state index >= 15 is 0 Å². The molecule has 0 aliphatic heterocycles. The summed E-state index contributed by atoms with van der Waals surface area (Å²) in [4.78, 5) is 45.7. The van der Waals surface area contributed by atoms with E-state index in [2.05, 4.69) is 15.3 Å².